The highest BCUT2D eigenvalue weighted by molar-refractivity contribution is 7.80. The van der Waals surface area contributed by atoms with Crippen molar-refractivity contribution in [2.45, 2.75) is 155 Å². The van der Waals surface area contributed by atoms with Crippen LogP contribution in [0.5, 0.6) is 23.0 Å². The van der Waals surface area contributed by atoms with Crippen molar-refractivity contribution in [2.24, 2.45) is 11.5 Å². The van der Waals surface area contributed by atoms with Crippen LogP contribution in [0.2, 0.25) is 0 Å². The average molecular weight is 1850 g/mol. The van der Waals surface area contributed by atoms with Crippen LogP contribution in [0.4, 0.5) is 22.7 Å². The Morgan fingerprint density at radius 2 is 0.402 bits per heavy atom. The largest absolute Gasteiger partial charge is 0.493 e. The van der Waals surface area contributed by atoms with Crippen molar-refractivity contribution >= 4 is 117 Å². The van der Waals surface area contributed by atoms with Crippen molar-refractivity contribution in [3.05, 3.63) is 336 Å². The molecule has 0 saturated carbocycles. The van der Waals surface area contributed by atoms with Crippen LogP contribution in [0, 0.1) is 0 Å². The van der Waals surface area contributed by atoms with Gasteiger partial charge in [-0.1, -0.05) is 334 Å². The van der Waals surface area contributed by atoms with Gasteiger partial charge in [-0.25, -0.2) is 0 Å². The van der Waals surface area contributed by atoms with Gasteiger partial charge in [0, 0.05) is 135 Å². The van der Waals surface area contributed by atoms with Gasteiger partial charge in [0.2, 0.25) is 23.6 Å². The molecule has 0 atom stereocenters. The maximum atomic E-state index is 16.0. The number of benzene rings is 12. The molecule has 18 nitrogen and oxygen atoms in total. The Bertz CT molecular complexity index is 5350. The van der Waals surface area contributed by atoms with Crippen LogP contribution < -0.4 is 94.1 Å². The number of carbonyl (C=O) groups is 4. The molecule has 0 unspecified atom stereocenters. The first kappa shape index (κ1) is 98.1. The third-order valence-corrected chi connectivity index (χ3v) is 36.1. The van der Waals surface area contributed by atoms with Crippen LogP contribution in [-0.2, 0) is 63.1 Å². The summed E-state index contributed by atoms with van der Waals surface area (Å²) in [6.07, 6.45) is 15.4. The molecule has 22 heteroatoms. The Balaban J connectivity index is 1.05. The second-order valence-electron chi connectivity index (χ2n) is 34.3. The number of ether oxygens (including phenoxy) is 4. The van der Waals surface area contributed by atoms with E-state index in [9.17, 15) is 0 Å². The third-order valence-electron chi connectivity index (χ3n) is 24.1. The van der Waals surface area contributed by atoms with E-state index in [1.165, 1.54) is 0 Å². The van der Waals surface area contributed by atoms with Crippen molar-refractivity contribution < 1.29 is 56.4 Å². The van der Waals surface area contributed by atoms with Crippen LogP contribution in [0.15, 0.2) is 291 Å². The van der Waals surface area contributed by atoms with E-state index in [-0.39, 0.29) is 52.1 Å². The van der Waals surface area contributed by atoms with Gasteiger partial charge in [0.05, 0.1) is 51.1 Å². The van der Waals surface area contributed by atoms with E-state index in [1.54, 1.807) is 97.1 Å². The molecule has 4 amide bonds. The molecule has 688 valence electrons. The minimum Gasteiger partial charge on any atom is -0.493 e. The first-order valence-corrected chi connectivity index (χ1v) is 54.5. The lowest BCUT2D eigenvalue weighted by Gasteiger charge is -2.25. The first-order valence-electron chi connectivity index (χ1n) is 46.9. The van der Waals surface area contributed by atoms with E-state index < -0.39 is 76.8 Å². The smallest absolute Gasteiger partial charge is 0.232 e. The van der Waals surface area contributed by atoms with Gasteiger partial charge < -0.3 is 69.9 Å². The number of anilines is 4. The van der Waals surface area contributed by atoms with Crippen LogP contribution in [0.3, 0.4) is 0 Å². The fourth-order valence-corrected chi connectivity index (χ4v) is 27.4. The van der Waals surface area contributed by atoms with Crippen LogP contribution >= 0.6 is 28.6 Å². The number of nitrogens with two attached hydrogens (primary N) is 2. The predicted octanol–water partition coefficient (Wildman–Crippen LogP) is 20.7. The summed E-state index contributed by atoms with van der Waals surface area (Å²) in [5, 5.41) is 17.3. The van der Waals surface area contributed by atoms with Crippen molar-refractivity contribution in [1.29, 1.82) is 0 Å². The van der Waals surface area contributed by atoms with Gasteiger partial charge in [0.1, 0.15) is 23.0 Å². The Hall–Kier alpha value is -11.4. The standard InChI is InChI=1S/C110H126N6O12P4/c1-3-63-125-107-83-67-87-75-93(115-105(119)81-131(123,99-53-33-21-34-54-99)100-55-35-22-36-56-100)77-89(109(87)127-65-43-15-11-7-5-9-13-41-61-111)69-85-73-92(114-104(118)80-130(122,97-49-29-19-30-50-97)98-51-31-20-32-52-98)74-86(108(85)126-64-4-2)70-90-78-94(116-106(120)82-132(124,101-57-37-23-38-58-101)102-59-39-24-40-60-102)76-88(110(90)128-66-44-16-12-8-6-10-14-42-62-112)68-84(107)72-91(71-83)113-103(117)79-129(121,95-45-25-17-26-46-95)96-47-27-18-28-48-96/h17-40,45-60,71-78H,3-16,41-44,61-70,79-82,111-112H2,1-2H3,(H,113,117)(H,114,118)(H,115,119)(H,116,120). The fourth-order valence-electron chi connectivity index (χ4n) is 17.6. The second kappa shape index (κ2) is 49.3. The zero-order valence-corrected chi connectivity index (χ0v) is 79.8. The Morgan fingerprint density at radius 1 is 0.242 bits per heavy atom. The lowest BCUT2D eigenvalue weighted by atomic mass is 9.90. The monoisotopic (exact) mass is 1850 g/mol. The van der Waals surface area contributed by atoms with E-state index >= 15 is 37.4 Å². The number of rotatable bonds is 48. The van der Waals surface area contributed by atoms with Crippen LogP contribution in [0.25, 0.3) is 0 Å². The summed E-state index contributed by atoms with van der Waals surface area (Å²) in [7, 11) is -14.7. The number of hydrogen-bond acceptors (Lipinski definition) is 14. The molecule has 1 aliphatic rings. The molecule has 0 radical (unpaired) electrons. The minimum atomic E-state index is -3.69. The maximum absolute atomic E-state index is 16.0. The second-order valence-corrected chi connectivity index (χ2v) is 45.6. The summed E-state index contributed by atoms with van der Waals surface area (Å²) in [6, 6.07) is 87.9. The number of hydrogen-bond donors (Lipinski definition) is 6. The van der Waals surface area contributed by atoms with E-state index in [4.69, 9.17) is 30.4 Å². The van der Waals surface area contributed by atoms with Gasteiger partial charge in [-0.2, -0.15) is 0 Å². The van der Waals surface area contributed by atoms with Gasteiger partial charge >= 0.3 is 0 Å². The topological polar surface area (TPSA) is 274 Å². The number of amides is 4. The Morgan fingerprint density at radius 3 is 0.568 bits per heavy atom. The summed E-state index contributed by atoms with van der Waals surface area (Å²) in [5.74, 6) is -0.129. The van der Waals surface area contributed by atoms with Crippen molar-refractivity contribution in [1.82, 2.24) is 0 Å². The van der Waals surface area contributed by atoms with Gasteiger partial charge in [-0.15, -0.1) is 0 Å². The Labute approximate surface area is 779 Å². The molecule has 132 heavy (non-hydrogen) atoms. The van der Waals surface area contributed by atoms with Gasteiger partial charge in [0.15, 0.2) is 28.6 Å². The molecule has 1 aliphatic carbocycles. The van der Waals surface area contributed by atoms with E-state index in [2.05, 4.69) is 21.3 Å². The van der Waals surface area contributed by atoms with Gasteiger partial charge in [-0.05, 0) is 100 Å². The highest BCUT2D eigenvalue weighted by Gasteiger charge is 2.37. The Kier molecular flexibility index (Phi) is 36.7. The molecule has 12 aromatic rings. The summed E-state index contributed by atoms with van der Waals surface area (Å²) < 4.78 is 93.3. The molecule has 0 saturated heterocycles. The van der Waals surface area contributed by atoms with Crippen LogP contribution in [-0.4, -0.2) is 87.8 Å². The van der Waals surface area contributed by atoms with Crippen molar-refractivity contribution in [3.63, 3.8) is 0 Å². The first-order chi connectivity index (χ1) is 64.4. The molecule has 12 aromatic carbocycles. The normalized spacial score (nSPS) is 12.2. The minimum absolute atomic E-state index is 0.0354. The summed E-state index contributed by atoms with van der Waals surface area (Å²) >= 11 is 0. The van der Waals surface area contributed by atoms with E-state index in [0.717, 1.165) is 89.9 Å². The maximum Gasteiger partial charge on any atom is 0.232 e. The van der Waals surface area contributed by atoms with Crippen molar-refractivity contribution in [2.75, 3.05) is 85.4 Å². The molecule has 0 spiro atoms. The molecule has 0 aromatic heterocycles. The molecule has 13 rings (SSSR count). The molecule has 8 bridgehead atoms. The van der Waals surface area contributed by atoms with E-state index in [1.807, 2.05) is 208 Å². The van der Waals surface area contributed by atoms with E-state index in [0.29, 0.717) is 171 Å². The lowest BCUT2D eigenvalue weighted by Crippen LogP contribution is -2.26. The number of unbranched alkanes of at least 4 members (excludes halogenated alkanes) is 14. The quantitative estimate of drug-likeness (QED) is 0.0153. The lowest BCUT2D eigenvalue weighted by molar-refractivity contribution is -0.114. The van der Waals surface area contributed by atoms with Crippen LogP contribution in [0.1, 0.15) is 174 Å². The fraction of sp³-hybridized carbons (Fsp3) is 0.309. The molecule has 8 N–H and O–H groups in total. The SMILES string of the molecule is CCCOc1c2cc(NC(=O)CP(=O)(c3ccccc3)c3ccccc3)cc1Cc1cc(NC(=O)CP(=O)(c3ccccc3)c3ccccc3)cc(c1OCCCCCCCCCCN)Cc1cc(NC(=O)CP(=O)(c3ccccc3)c3ccccc3)cc(c1OCCC)Cc1cc(NC(=O)CP(=O)(c3ccccc3)c3ccccc3)cc(c1OCCCCCCCCCCN)C2. The number of fused-ring (bicyclic) bond motifs is 8. The highest BCUT2D eigenvalue weighted by Crippen LogP contribution is 2.50. The zero-order valence-electron chi connectivity index (χ0n) is 76.2. The summed E-state index contributed by atoms with van der Waals surface area (Å²) in [5.41, 5.74) is 18.0. The molecular weight excluding hydrogens is 1720 g/mol. The molecule has 0 fully saturated rings. The third kappa shape index (κ3) is 26.5. The average Bonchev–Trinajstić information content (AvgIpc) is 0.721. The number of nitrogens with one attached hydrogen (secondary N) is 4. The van der Waals surface area contributed by atoms with Gasteiger partial charge in [0.25, 0.3) is 0 Å². The molecule has 0 aliphatic heterocycles. The highest BCUT2D eigenvalue weighted by atomic mass is 31.2. The zero-order chi connectivity index (χ0) is 92.4. The molecule has 0 heterocycles. The predicted molar refractivity (Wildman–Crippen MR) is 545 cm³/mol. The number of carbonyl (C=O) groups excluding carboxylic acids is 4. The summed E-state index contributed by atoms with van der Waals surface area (Å²) in [6.45, 7) is 6.45. The van der Waals surface area contributed by atoms with Gasteiger partial charge in [-0.3, -0.25) is 19.2 Å². The summed E-state index contributed by atoms with van der Waals surface area (Å²) in [4.78, 5) is 62.3. The molecular formula is C110H126N6O12P4. The van der Waals surface area contributed by atoms with Crippen molar-refractivity contribution in [3.8, 4) is 23.0 Å².